The van der Waals surface area contributed by atoms with Crippen molar-refractivity contribution >= 4 is 11.8 Å². The van der Waals surface area contributed by atoms with E-state index in [1.807, 2.05) is 48.9 Å². The van der Waals surface area contributed by atoms with Crippen molar-refractivity contribution in [3.8, 4) is 5.69 Å². The number of piperidine rings is 1. The summed E-state index contributed by atoms with van der Waals surface area (Å²) in [5.41, 5.74) is 3.12. The first kappa shape index (κ1) is 16.5. The summed E-state index contributed by atoms with van der Waals surface area (Å²) >= 11 is 0. The van der Waals surface area contributed by atoms with Crippen LogP contribution in [0.1, 0.15) is 24.1 Å². The van der Waals surface area contributed by atoms with Gasteiger partial charge in [-0.1, -0.05) is 17.7 Å². The summed E-state index contributed by atoms with van der Waals surface area (Å²) in [4.78, 5) is 14.2. The van der Waals surface area contributed by atoms with Gasteiger partial charge in [-0.25, -0.2) is 9.48 Å². The van der Waals surface area contributed by atoms with Crippen LogP contribution in [0.15, 0.2) is 30.3 Å². The van der Waals surface area contributed by atoms with Gasteiger partial charge in [0.1, 0.15) is 0 Å². The molecule has 1 saturated heterocycles. The van der Waals surface area contributed by atoms with Crippen molar-refractivity contribution in [3.63, 3.8) is 0 Å². The van der Waals surface area contributed by atoms with Crippen molar-refractivity contribution in [1.82, 2.24) is 14.7 Å². The van der Waals surface area contributed by atoms with Crippen molar-refractivity contribution in [2.45, 2.75) is 26.7 Å². The van der Waals surface area contributed by atoms with Crippen LogP contribution in [0, 0.1) is 19.8 Å². The molecule has 0 aliphatic carbocycles. The topological polar surface area (TPSA) is 70.4 Å². The highest BCUT2D eigenvalue weighted by atomic mass is 16.3. The quantitative estimate of drug-likeness (QED) is 0.910. The number of hydrogen-bond donors (Lipinski definition) is 2. The van der Waals surface area contributed by atoms with Crippen molar-refractivity contribution in [1.29, 1.82) is 0 Å². The van der Waals surface area contributed by atoms with E-state index in [4.69, 9.17) is 0 Å². The first-order chi connectivity index (χ1) is 11.6. The highest BCUT2D eigenvalue weighted by molar-refractivity contribution is 5.88. The van der Waals surface area contributed by atoms with Crippen LogP contribution in [0.4, 0.5) is 10.6 Å². The van der Waals surface area contributed by atoms with Crippen molar-refractivity contribution in [2.24, 2.45) is 5.92 Å². The largest absolute Gasteiger partial charge is 0.396 e. The predicted octanol–water partition coefficient (Wildman–Crippen LogP) is 2.73. The normalized spacial score (nSPS) is 17.8. The molecule has 0 spiro atoms. The third-order valence-electron chi connectivity index (χ3n) is 4.47. The van der Waals surface area contributed by atoms with Gasteiger partial charge < -0.3 is 10.0 Å². The van der Waals surface area contributed by atoms with Crippen LogP contribution < -0.4 is 5.32 Å². The Morgan fingerprint density at radius 1 is 1.33 bits per heavy atom. The molecule has 0 saturated carbocycles. The van der Waals surface area contributed by atoms with Crippen molar-refractivity contribution in [3.05, 3.63) is 41.6 Å². The average molecular weight is 328 g/mol. The van der Waals surface area contributed by atoms with Gasteiger partial charge in [0.15, 0.2) is 5.82 Å². The second-order valence-electron chi connectivity index (χ2n) is 6.49. The molecule has 6 nitrogen and oxygen atoms in total. The number of carbonyl (C=O) groups excluding carboxylic acids is 1. The number of aliphatic hydroxyl groups excluding tert-OH is 1. The molecule has 2 amide bonds. The number of aliphatic hydroxyl groups is 1. The van der Waals surface area contributed by atoms with Crippen LogP contribution in [-0.4, -0.2) is 45.5 Å². The Morgan fingerprint density at radius 3 is 2.79 bits per heavy atom. The van der Waals surface area contributed by atoms with Gasteiger partial charge >= 0.3 is 6.03 Å². The summed E-state index contributed by atoms with van der Waals surface area (Å²) in [5.74, 6) is 0.723. The number of nitrogens with zero attached hydrogens (tertiary/aromatic N) is 3. The van der Waals surface area contributed by atoms with Crippen molar-refractivity contribution in [2.75, 3.05) is 25.0 Å². The second-order valence-corrected chi connectivity index (χ2v) is 6.49. The molecule has 6 heteroatoms. The van der Waals surface area contributed by atoms with Gasteiger partial charge in [-0.2, -0.15) is 0 Å². The van der Waals surface area contributed by atoms with E-state index in [2.05, 4.69) is 10.4 Å². The first-order valence-corrected chi connectivity index (χ1v) is 8.37. The molecule has 1 aromatic heterocycles. The molecule has 1 aliphatic rings. The van der Waals surface area contributed by atoms with Crippen molar-refractivity contribution < 1.29 is 9.90 Å². The molecule has 0 radical (unpaired) electrons. The monoisotopic (exact) mass is 328 g/mol. The van der Waals surface area contributed by atoms with Gasteiger partial charge in [0.2, 0.25) is 0 Å². The van der Waals surface area contributed by atoms with E-state index >= 15 is 0 Å². The fourth-order valence-corrected chi connectivity index (χ4v) is 3.07. The number of aromatic nitrogens is 2. The maximum atomic E-state index is 12.4. The lowest BCUT2D eigenvalue weighted by molar-refractivity contribution is 0.136. The molecule has 2 N–H and O–H groups in total. The predicted molar refractivity (Wildman–Crippen MR) is 93.4 cm³/mol. The maximum absolute atomic E-state index is 12.4. The smallest absolute Gasteiger partial charge is 0.323 e. The van der Waals surface area contributed by atoms with Gasteiger partial charge in [0.05, 0.1) is 5.69 Å². The molecule has 1 fully saturated rings. The molecule has 1 aromatic carbocycles. The molecule has 2 heterocycles. The third-order valence-corrected chi connectivity index (χ3v) is 4.47. The molecular formula is C18H24N4O2. The summed E-state index contributed by atoms with van der Waals surface area (Å²) in [6, 6.07) is 9.82. The van der Waals surface area contributed by atoms with E-state index < -0.39 is 0 Å². The Labute approximate surface area is 142 Å². The number of carbonyl (C=O) groups is 1. The van der Waals surface area contributed by atoms with Gasteiger partial charge in [0.25, 0.3) is 0 Å². The second kappa shape index (κ2) is 7.05. The molecule has 1 atom stereocenters. The van der Waals surface area contributed by atoms with E-state index in [1.54, 1.807) is 4.90 Å². The van der Waals surface area contributed by atoms with Crippen LogP contribution in [0.25, 0.3) is 5.69 Å². The number of urea groups is 1. The Hall–Kier alpha value is -2.34. The SMILES string of the molecule is Cc1ccc(-n2nc(NC(=O)N3CCCC(CO)C3)cc2C)cc1. The van der Waals surface area contributed by atoms with E-state index in [0.717, 1.165) is 30.8 Å². The number of amides is 2. The molecule has 2 aromatic rings. The van der Waals surface area contributed by atoms with Gasteiger partial charge in [-0.15, -0.1) is 5.10 Å². The highest BCUT2D eigenvalue weighted by Crippen LogP contribution is 2.19. The van der Waals surface area contributed by atoms with E-state index in [-0.39, 0.29) is 18.6 Å². The molecule has 24 heavy (non-hydrogen) atoms. The highest BCUT2D eigenvalue weighted by Gasteiger charge is 2.23. The summed E-state index contributed by atoms with van der Waals surface area (Å²) < 4.78 is 1.82. The number of aryl methyl sites for hydroxylation is 2. The first-order valence-electron chi connectivity index (χ1n) is 8.37. The van der Waals surface area contributed by atoms with Gasteiger partial charge in [-0.05, 0) is 44.7 Å². The van der Waals surface area contributed by atoms with E-state index in [9.17, 15) is 9.90 Å². The summed E-state index contributed by atoms with van der Waals surface area (Å²) in [6.45, 7) is 5.46. The number of rotatable bonds is 3. The average Bonchev–Trinajstić information content (AvgIpc) is 2.96. The van der Waals surface area contributed by atoms with Crippen LogP contribution >= 0.6 is 0 Å². The Bertz CT molecular complexity index is 708. The molecule has 128 valence electrons. The lowest BCUT2D eigenvalue weighted by Crippen LogP contribution is -2.43. The minimum Gasteiger partial charge on any atom is -0.396 e. The number of nitrogens with one attached hydrogen (secondary N) is 1. The van der Waals surface area contributed by atoms with Gasteiger partial charge in [-0.3, -0.25) is 5.32 Å². The molecule has 0 bridgehead atoms. The Morgan fingerprint density at radius 2 is 2.08 bits per heavy atom. The number of hydrogen-bond acceptors (Lipinski definition) is 3. The third kappa shape index (κ3) is 3.59. The summed E-state index contributed by atoms with van der Waals surface area (Å²) in [5, 5.41) is 16.7. The zero-order valence-electron chi connectivity index (χ0n) is 14.2. The lowest BCUT2D eigenvalue weighted by Gasteiger charge is -2.31. The van der Waals surface area contributed by atoms with Gasteiger partial charge in [0, 0.05) is 31.5 Å². The summed E-state index contributed by atoms with van der Waals surface area (Å²) in [6.07, 6.45) is 1.90. The van der Waals surface area contributed by atoms with Crippen LogP contribution in [0.2, 0.25) is 0 Å². The number of benzene rings is 1. The van der Waals surface area contributed by atoms with Crippen LogP contribution in [-0.2, 0) is 0 Å². The fourth-order valence-electron chi connectivity index (χ4n) is 3.07. The number of anilines is 1. The standard InChI is InChI=1S/C18H24N4O2/c1-13-5-7-16(8-6-13)22-14(2)10-17(20-22)19-18(24)21-9-3-4-15(11-21)12-23/h5-8,10,15,23H,3-4,9,11-12H2,1-2H3,(H,19,20,24). The maximum Gasteiger partial charge on any atom is 0.323 e. The van der Waals surface area contributed by atoms with E-state index in [0.29, 0.717) is 12.4 Å². The zero-order chi connectivity index (χ0) is 17.1. The zero-order valence-corrected chi connectivity index (χ0v) is 14.2. The minimum absolute atomic E-state index is 0.130. The Kier molecular flexibility index (Phi) is 4.85. The molecular weight excluding hydrogens is 304 g/mol. The van der Waals surface area contributed by atoms with E-state index in [1.165, 1.54) is 5.56 Å². The fraction of sp³-hybridized carbons (Fsp3) is 0.444. The minimum atomic E-state index is -0.151. The molecule has 1 unspecified atom stereocenters. The lowest BCUT2D eigenvalue weighted by atomic mass is 9.99. The Balaban J connectivity index is 1.71. The summed E-state index contributed by atoms with van der Waals surface area (Å²) in [7, 11) is 0. The molecule has 3 rings (SSSR count). The number of likely N-dealkylation sites (tertiary alicyclic amines) is 1. The van der Waals surface area contributed by atoms with Crippen LogP contribution in [0.3, 0.4) is 0 Å². The molecule has 1 aliphatic heterocycles. The van der Waals surface area contributed by atoms with Crippen LogP contribution in [0.5, 0.6) is 0 Å².